The molecule has 1 atom stereocenters. The number of aromatic nitrogens is 1. The minimum Gasteiger partial charge on any atom is -0.321 e. The highest BCUT2D eigenvalue weighted by Gasteiger charge is 2.30. The Labute approximate surface area is 179 Å². The van der Waals surface area contributed by atoms with Gasteiger partial charge in [0.1, 0.15) is 12.4 Å². The fraction of sp³-hybridized carbons (Fsp3) is 0.238. The molecule has 0 fully saturated rings. The minimum atomic E-state index is -4.59. The first kappa shape index (κ1) is 22.6. The highest BCUT2D eigenvalue weighted by atomic mass is 35.5. The van der Waals surface area contributed by atoms with E-state index in [9.17, 15) is 27.2 Å². The Morgan fingerprint density at radius 3 is 2.45 bits per heavy atom. The number of hydrogen-bond donors (Lipinski definition) is 1. The second-order valence-corrected chi connectivity index (χ2v) is 7.43. The summed E-state index contributed by atoms with van der Waals surface area (Å²) in [5.41, 5.74) is -0.145. The highest BCUT2D eigenvalue weighted by Crippen LogP contribution is 2.28. The zero-order chi connectivity index (χ0) is 22.9. The van der Waals surface area contributed by atoms with Crippen LogP contribution in [0, 0.1) is 5.82 Å². The molecule has 0 aliphatic heterocycles. The number of halogens is 5. The summed E-state index contributed by atoms with van der Waals surface area (Å²) in [6, 6.07) is 8.67. The number of hydrogen-bond acceptors (Lipinski definition) is 2. The van der Waals surface area contributed by atoms with Crippen molar-refractivity contribution in [2.45, 2.75) is 25.7 Å². The van der Waals surface area contributed by atoms with E-state index < -0.39 is 36.2 Å². The van der Waals surface area contributed by atoms with Gasteiger partial charge in [0, 0.05) is 24.3 Å². The van der Waals surface area contributed by atoms with Crippen LogP contribution >= 0.6 is 11.6 Å². The number of anilines is 1. The molecular formula is C21H18ClF4N3O2. The van der Waals surface area contributed by atoms with Crippen molar-refractivity contribution in [3.63, 3.8) is 0 Å². The van der Waals surface area contributed by atoms with Crippen molar-refractivity contribution in [3.8, 4) is 0 Å². The fourth-order valence-corrected chi connectivity index (χ4v) is 3.37. The molecule has 10 heteroatoms. The maximum Gasteiger partial charge on any atom is 0.406 e. The van der Waals surface area contributed by atoms with Crippen LogP contribution in [-0.2, 0) is 6.54 Å². The molecule has 0 saturated carbocycles. The molecule has 1 N–H and O–H groups in total. The van der Waals surface area contributed by atoms with E-state index in [1.807, 2.05) is 0 Å². The third-order valence-electron chi connectivity index (χ3n) is 4.90. The van der Waals surface area contributed by atoms with Gasteiger partial charge in [0.05, 0.1) is 11.1 Å². The van der Waals surface area contributed by atoms with Gasteiger partial charge in [-0.2, -0.15) is 13.2 Å². The first-order valence-corrected chi connectivity index (χ1v) is 9.53. The Kier molecular flexibility index (Phi) is 6.26. The van der Waals surface area contributed by atoms with Gasteiger partial charge in [-0.1, -0.05) is 29.8 Å². The molecule has 1 aromatic heterocycles. The summed E-state index contributed by atoms with van der Waals surface area (Å²) in [5.74, 6) is -0.639. The maximum absolute atomic E-state index is 13.3. The average molecular weight is 456 g/mol. The van der Waals surface area contributed by atoms with Crippen molar-refractivity contribution in [3.05, 3.63) is 75.4 Å². The molecule has 164 valence electrons. The highest BCUT2D eigenvalue weighted by molar-refractivity contribution is 6.31. The lowest BCUT2D eigenvalue weighted by Crippen LogP contribution is -2.35. The van der Waals surface area contributed by atoms with E-state index >= 15 is 0 Å². The lowest BCUT2D eigenvalue weighted by Gasteiger charge is -2.27. The Morgan fingerprint density at radius 2 is 1.84 bits per heavy atom. The fourth-order valence-electron chi connectivity index (χ4n) is 3.19. The van der Waals surface area contributed by atoms with Gasteiger partial charge in [-0.3, -0.25) is 4.79 Å². The first-order chi connectivity index (χ1) is 14.5. The second-order valence-electron chi connectivity index (χ2n) is 7.02. The summed E-state index contributed by atoms with van der Waals surface area (Å²) in [7, 11) is 1.46. The summed E-state index contributed by atoms with van der Waals surface area (Å²) in [4.78, 5) is 26.4. The van der Waals surface area contributed by atoms with E-state index in [1.54, 1.807) is 25.1 Å². The summed E-state index contributed by atoms with van der Waals surface area (Å²) >= 11 is 5.72. The van der Waals surface area contributed by atoms with Crippen LogP contribution in [0.3, 0.4) is 0 Å². The molecule has 0 unspecified atom stereocenters. The van der Waals surface area contributed by atoms with Gasteiger partial charge < -0.3 is 14.8 Å². The monoisotopic (exact) mass is 455 g/mol. The van der Waals surface area contributed by atoms with E-state index in [2.05, 4.69) is 5.32 Å². The third kappa shape index (κ3) is 4.99. The summed E-state index contributed by atoms with van der Waals surface area (Å²) in [6.07, 6.45) is -3.46. The zero-order valence-electron chi connectivity index (χ0n) is 16.5. The molecule has 31 heavy (non-hydrogen) atoms. The van der Waals surface area contributed by atoms with Gasteiger partial charge in [0.2, 0.25) is 0 Å². The number of amides is 2. The van der Waals surface area contributed by atoms with Crippen molar-refractivity contribution >= 4 is 34.1 Å². The van der Waals surface area contributed by atoms with Crippen LogP contribution in [0.4, 0.5) is 28.0 Å². The number of alkyl halides is 3. The molecule has 0 bridgehead atoms. The minimum absolute atomic E-state index is 0.121. The van der Waals surface area contributed by atoms with Crippen molar-refractivity contribution in [1.82, 2.24) is 9.47 Å². The first-order valence-electron chi connectivity index (χ1n) is 9.15. The average Bonchev–Trinajstić information content (AvgIpc) is 2.71. The van der Waals surface area contributed by atoms with E-state index in [-0.39, 0.29) is 16.1 Å². The zero-order valence-corrected chi connectivity index (χ0v) is 17.3. The number of nitrogens with zero attached hydrogens (tertiary/aromatic N) is 2. The van der Waals surface area contributed by atoms with Crippen LogP contribution < -0.4 is 10.9 Å². The van der Waals surface area contributed by atoms with E-state index in [1.165, 1.54) is 30.1 Å². The van der Waals surface area contributed by atoms with Gasteiger partial charge in [-0.05, 0) is 42.1 Å². The largest absolute Gasteiger partial charge is 0.406 e. The SMILES string of the molecule is C[C@H](c1cn(CC(F)(F)F)c(=O)c2ccccc12)N(C)C(=O)Nc1ccc(F)c(Cl)c1. The molecule has 0 aliphatic carbocycles. The second kappa shape index (κ2) is 8.58. The van der Waals surface area contributed by atoms with Crippen LogP contribution in [0.1, 0.15) is 18.5 Å². The lowest BCUT2D eigenvalue weighted by atomic mass is 10.0. The smallest absolute Gasteiger partial charge is 0.321 e. The Balaban J connectivity index is 1.97. The molecule has 0 aliphatic rings. The predicted molar refractivity (Wildman–Crippen MR) is 111 cm³/mol. The van der Waals surface area contributed by atoms with Crippen LogP contribution in [-0.4, -0.2) is 28.7 Å². The van der Waals surface area contributed by atoms with Crippen LogP contribution in [0.5, 0.6) is 0 Å². The Morgan fingerprint density at radius 1 is 1.19 bits per heavy atom. The molecule has 0 saturated heterocycles. The van der Waals surface area contributed by atoms with Crippen LogP contribution in [0.2, 0.25) is 5.02 Å². The Hall–Kier alpha value is -3.07. The van der Waals surface area contributed by atoms with Crippen molar-refractivity contribution < 1.29 is 22.4 Å². The van der Waals surface area contributed by atoms with E-state index in [4.69, 9.17) is 11.6 Å². The number of fused-ring (bicyclic) bond motifs is 1. The number of carbonyl (C=O) groups is 1. The van der Waals surface area contributed by atoms with Crippen LogP contribution in [0.25, 0.3) is 10.8 Å². The van der Waals surface area contributed by atoms with Crippen molar-refractivity contribution in [2.75, 3.05) is 12.4 Å². The molecule has 0 radical (unpaired) electrons. The molecule has 2 aromatic carbocycles. The van der Waals surface area contributed by atoms with Gasteiger partial charge in [0.25, 0.3) is 5.56 Å². The van der Waals surface area contributed by atoms with Gasteiger partial charge in [-0.25, -0.2) is 9.18 Å². The van der Waals surface area contributed by atoms with Crippen LogP contribution in [0.15, 0.2) is 53.5 Å². The Bertz CT molecular complexity index is 1190. The quantitative estimate of drug-likeness (QED) is 0.522. The lowest BCUT2D eigenvalue weighted by molar-refractivity contribution is -0.141. The summed E-state index contributed by atoms with van der Waals surface area (Å²) < 4.78 is 52.8. The molecule has 3 aromatic rings. The number of pyridine rings is 1. The molecule has 3 rings (SSSR count). The molecule has 2 amide bonds. The topological polar surface area (TPSA) is 54.3 Å². The number of benzene rings is 2. The predicted octanol–water partition coefficient (Wildman–Crippen LogP) is 5.58. The number of carbonyl (C=O) groups excluding carboxylic acids is 1. The van der Waals surface area contributed by atoms with Crippen molar-refractivity contribution in [1.29, 1.82) is 0 Å². The van der Waals surface area contributed by atoms with Crippen molar-refractivity contribution in [2.24, 2.45) is 0 Å². The van der Waals surface area contributed by atoms with Gasteiger partial charge >= 0.3 is 12.2 Å². The number of nitrogens with one attached hydrogen (secondary N) is 1. The summed E-state index contributed by atoms with van der Waals surface area (Å²) in [5, 5.41) is 2.96. The van der Waals surface area contributed by atoms with Gasteiger partial charge in [0.15, 0.2) is 0 Å². The maximum atomic E-state index is 13.3. The van der Waals surface area contributed by atoms with E-state index in [0.29, 0.717) is 15.5 Å². The van der Waals surface area contributed by atoms with E-state index in [0.717, 1.165) is 12.3 Å². The summed E-state index contributed by atoms with van der Waals surface area (Å²) in [6.45, 7) is 0.182. The number of rotatable bonds is 4. The molecule has 1 heterocycles. The molecular weight excluding hydrogens is 438 g/mol. The normalized spacial score (nSPS) is 12.6. The molecule has 5 nitrogen and oxygen atoms in total. The standard InChI is InChI=1S/C21H18ClF4N3O2/c1-12(28(2)20(31)27-13-7-8-18(23)17(22)9-13)16-10-29(11-21(24,25)26)19(30)15-6-4-3-5-14(15)16/h3-10,12H,11H2,1-2H3,(H,27,31)/t12-/m1/s1. The van der Waals surface area contributed by atoms with Gasteiger partial charge in [-0.15, -0.1) is 0 Å². The number of urea groups is 1. The molecule has 0 spiro atoms. The third-order valence-corrected chi connectivity index (χ3v) is 5.19.